The summed E-state index contributed by atoms with van der Waals surface area (Å²) in [4.78, 5) is 42.0. The van der Waals surface area contributed by atoms with Crippen LogP contribution >= 0.6 is 0 Å². The van der Waals surface area contributed by atoms with Crippen LogP contribution in [0.2, 0.25) is 0 Å². The number of likely N-dealkylation sites (tertiary alicyclic amines) is 1. The summed E-state index contributed by atoms with van der Waals surface area (Å²) < 4.78 is 6.42. The zero-order chi connectivity index (χ0) is 22.7. The molecule has 4 rings (SSSR count). The summed E-state index contributed by atoms with van der Waals surface area (Å²) in [7, 11) is 0. The third-order valence-corrected chi connectivity index (χ3v) is 7.91. The van der Waals surface area contributed by atoms with Crippen LogP contribution in [0.1, 0.15) is 77.6 Å². The Kier molecular flexibility index (Phi) is 7.40. The SMILES string of the molecule is CCCNC(=O)[C@@H]1[C@H]2C(=O)N(CCCCCO)C(C(=O)NC3CCCCC3)C23CC[C@H]1O3. The van der Waals surface area contributed by atoms with E-state index < -0.39 is 23.5 Å². The molecule has 1 aliphatic carbocycles. The lowest BCUT2D eigenvalue weighted by Gasteiger charge is -2.35. The molecule has 0 aromatic heterocycles. The largest absolute Gasteiger partial charge is 0.396 e. The summed E-state index contributed by atoms with van der Waals surface area (Å²) in [6, 6.07) is -0.523. The molecular formula is C24H39N3O5. The first kappa shape index (κ1) is 23.5. The lowest BCUT2D eigenvalue weighted by Crippen LogP contribution is -2.57. The van der Waals surface area contributed by atoms with Crippen LogP contribution in [0.25, 0.3) is 0 Å². The van der Waals surface area contributed by atoms with Gasteiger partial charge in [-0.2, -0.15) is 0 Å². The minimum atomic E-state index is -0.897. The molecule has 180 valence electrons. The Bertz CT molecular complexity index is 710. The Hall–Kier alpha value is -1.67. The maximum atomic E-state index is 13.7. The van der Waals surface area contributed by atoms with E-state index >= 15 is 0 Å². The van der Waals surface area contributed by atoms with Crippen LogP contribution in [-0.4, -0.2) is 71.2 Å². The number of nitrogens with zero attached hydrogens (tertiary/aromatic N) is 1. The summed E-state index contributed by atoms with van der Waals surface area (Å²) in [5.41, 5.74) is -0.897. The van der Waals surface area contributed by atoms with E-state index in [4.69, 9.17) is 9.84 Å². The van der Waals surface area contributed by atoms with E-state index in [0.29, 0.717) is 32.4 Å². The Balaban J connectivity index is 1.57. The highest BCUT2D eigenvalue weighted by Crippen LogP contribution is 2.58. The average molecular weight is 450 g/mol. The fourth-order valence-corrected chi connectivity index (χ4v) is 6.46. The molecule has 0 aromatic rings. The van der Waals surface area contributed by atoms with E-state index in [9.17, 15) is 14.4 Å². The van der Waals surface area contributed by atoms with Crippen molar-refractivity contribution in [1.82, 2.24) is 15.5 Å². The Morgan fingerprint density at radius 1 is 1.12 bits per heavy atom. The minimum absolute atomic E-state index is 0.114. The number of amides is 3. The van der Waals surface area contributed by atoms with Crippen LogP contribution in [-0.2, 0) is 19.1 Å². The van der Waals surface area contributed by atoms with Crippen molar-refractivity contribution in [3.05, 3.63) is 0 Å². The van der Waals surface area contributed by atoms with Crippen molar-refractivity contribution in [2.45, 2.75) is 101 Å². The van der Waals surface area contributed by atoms with Gasteiger partial charge in [0.05, 0.1) is 17.9 Å². The normalized spacial score (nSPS) is 34.1. The predicted molar refractivity (Wildman–Crippen MR) is 119 cm³/mol. The van der Waals surface area contributed by atoms with Gasteiger partial charge in [0, 0.05) is 25.7 Å². The van der Waals surface area contributed by atoms with E-state index in [1.54, 1.807) is 4.90 Å². The Morgan fingerprint density at radius 3 is 2.62 bits per heavy atom. The van der Waals surface area contributed by atoms with Crippen LogP contribution in [0.15, 0.2) is 0 Å². The molecule has 2 unspecified atom stereocenters. The first-order valence-corrected chi connectivity index (χ1v) is 12.7. The smallest absolute Gasteiger partial charge is 0.246 e. The molecule has 0 radical (unpaired) electrons. The number of ether oxygens (including phenoxy) is 1. The Morgan fingerprint density at radius 2 is 1.91 bits per heavy atom. The number of nitrogens with one attached hydrogen (secondary N) is 2. The van der Waals surface area contributed by atoms with Gasteiger partial charge < -0.3 is 25.4 Å². The third-order valence-electron chi connectivity index (χ3n) is 7.91. The van der Waals surface area contributed by atoms with Gasteiger partial charge in [0.15, 0.2) is 0 Å². The second-order valence-corrected chi connectivity index (χ2v) is 10.0. The molecule has 8 nitrogen and oxygen atoms in total. The molecule has 3 N–H and O–H groups in total. The predicted octanol–water partition coefficient (Wildman–Crippen LogP) is 1.50. The lowest BCUT2D eigenvalue weighted by molar-refractivity contribution is -0.142. The summed E-state index contributed by atoms with van der Waals surface area (Å²) in [6.45, 7) is 3.15. The van der Waals surface area contributed by atoms with E-state index in [0.717, 1.165) is 44.9 Å². The number of fused-ring (bicyclic) bond motifs is 1. The van der Waals surface area contributed by atoms with Crippen molar-refractivity contribution in [3.8, 4) is 0 Å². The van der Waals surface area contributed by atoms with Gasteiger partial charge in [-0.25, -0.2) is 0 Å². The van der Waals surface area contributed by atoms with Gasteiger partial charge in [0.2, 0.25) is 17.7 Å². The fourth-order valence-electron chi connectivity index (χ4n) is 6.46. The summed E-state index contributed by atoms with van der Waals surface area (Å²) >= 11 is 0. The fraction of sp³-hybridized carbons (Fsp3) is 0.875. The van der Waals surface area contributed by atoms with Crippen molar-refractivity contribution in [2.75, 3.05) is 19.7 Å². The van der Waals surface area contributed by atoms with Crippen molar-refractivity contribution in [3.63, 3.8) is 0 Å². The number of hydrogen-bond acceptors (Lipinski definition) is 5. The second kappa shape index (κ2) is 10.1. The summed E-state index contributed by atoms with van der Waals surface area (Å²) in [5.74, 6) is -1.46. The van der Waals surface area contributed by atoms with Gasteiger partial charge in [-0.15, -0.1) is 0 Å². The van der Waals surface area contributed by atoms with Gasteiger partial charge >= 0.3 is 0 Å². The van der Waals surface area contributed by atoms with Gasteiger partial charge in [-0.3, -0.25) is 14.4 Å². The van der Waals surface area contributed by atoms with Gasteiger partial charge in [-0.05, 0) is 51.4 Å². The molecule has 0 aromatic carbocycles. The molecule has 3 amide bonds. The highest BCUT2D eigenvalue weighted by molar-refractivity contribution is 5.99. The van der Waals surface area contributed by atoms with Crippen molar-refractivity contribution >= 4 is 17.7 Å². The van der Waals surface area contributed by atoms with Crippen molar-refractivity contribution < 1.29 is 24.2 Å². The zero-order valence-electron chi connectivity index (χ0n) is 19.3. The quantitative estimate of drug-likeness (QED) is 0.438. The molecule has 8 heteroatoms. The summed E-state index contributed by atoms with van der Waals surface area (Å²) in [6.07, 6.45) is 9.47. The molecule has 1 saturated carbocycles. The number of carbonyl (C=O) groups is 3. The van der Waals surface area contributed by atoms with Crippen molar-refractivity contribution in [1.29, 1.82) is 0 Å². The molecule has 32 heavy (non-hydrogen) atoms. The molecule has 4 fully saturated rings. The first-order valence-electron chi connectivity index (χ1n) is 12.7. The van der Waals surface area contributed by atoms with E-state index in [-0.39, 0.29) is 36.5 Å². The highest BCUT2D eigenvalue weighted by Gasteiger charge is 2.74. The average Bonchev–Trinajstić information content (AvgIpc) is 3.43. The summed E-state index contributed by atoms with van der Waals surface area (Å²) in [5, 5.41) is 15.3. The number of carbonyl (C=O) groups excluding carboxylic acids is 3. The van der Waals surface area contributed by atoms with Crippen LogP contribution < -0.4 is 10.6 Å². The van der Waals surface area contributed by atoms with Gasteiger partial charge in [0.1, 0.15) is 11.6 Å². The molecule has 3 saturated heterocycles. The van der Waals surface area contributed by atoms with E-state index in [2.05, 4.69) is 10.6 Å². The second-order valence-electron chi connectivity index (χ2n) is 10.0. The standard InChI is InChI=1S/C24H39N3O5/c1-2-13-25-21(29)18-17-11-12-24(32-17)19(18)23(31)27(14-7-4-8-15-28)20(24)22(30)26-16-9-5-3-6-10-16/h16-20,28H,2-15H2,1H3,(H,25,29)(H,26,30)/t17-,18+,19+,20?,24?/m1/s1. The van der Waals surface area contributed by atoms with Gasteiger partial charge in [0.25, 0.3) is 0 Å². The minimum Gasteiger partial charge on any atom is -0.396 e. The topological polar surface area (TPSA) is 108 Å². The van der Waals surface area contributed by atoms with Crippen LogP contribution in [0.3, 0.4) is 0 Å². The number of hydrogen-bond donors (Lipinski definition) is 3. The number of rotatable bonds is 10. The number of aliphatic hydroxyl groups is 1. The lowest BCUT2D eigenvalue weighted by atomic mass is 9.70. The molecule has 5 atom stereocenters. The third kappa shape index (κ3) is 4.16. The molecule has 2 bridgehead atoms. The molecule has 3 heterocycles. The van der Waals surface area contributed by atoms with Crippen LogP contribution in [0, 0.1) is 11.8 Å². The van der Waals surface area contributed by atoms with E-state index in [1.807, 2.05) is 6.92 Å². The monoisotopic (exact) mass is 449 g/mol. The van der Waals surface area contributed by atoms with Crippen LogP contribution in [0.5, 0.6) is 0 Å². The van der Waals surface area contributed by atoms with E-state index in [1.165, 1.54) is 6.42 Å². The molecule has 1 spiro atoms. The zero-order valence-corrected chi connectivity index (χ0v) is 19.3. The number of aliphatic hydroxyl groups excluding tert-OH is 1. The maximum absolute atomic E-state index is 13.7. The molecular weight excluding hydrogens is 410 g/mol. The first-order chi connectivity index (χ1) is 15.5. The molecule has 4 aliphatic rings. The maximum Gasteiger partial charge on any atom is 0.246 e. The van der Waals surface area contributed by atoms with Crippen LogP contribution in [0.4, 0.5) is 0 Å². The number of unbranched alkanes of at least 4 members (excludes halogenated alkanes) is 2. The molecule has 3 aliphatic heterocycles. The highest BCUT2D eigenvalue weighted by atomic mass is 16.5. The van der Waals surface area contributed by atoms with Gasteiger partial charge in [-0.1, -0.05) is 26.2 Å². The Labute approximate surface area is 190 Å². The van der Waals surface area contributed by atoms with Crippen molar-refractivity contribution in [2.24, 2.45) is 11.8 Å².